The molecule has 1 atom stereocenters. The molecule has 1 N–H and O–H groups in total. The van der Waals surface area contributed by atoms with Gasteiger partial charge in [-0.3, -0.25) is 4.79 Å². The molecule has 2 aromatic carbocycles. The van der Waals surface area contributed by atoms with Gasteiger partial charge in [0.05, 0.1) is 10.9 Å². The fraction of sp³-hybridized carbons (Fsp3) is 0.350. The quantitative estimate of drug-likeness (QED) is 0.744. The molecule has 0 bridgehead atoms. The molecule has 3 rings (SSSR count). The van der Waals surface area contributed by atoms with Crippen molar-refractivity contribution in [3.8, 4) is 0 Å². The summed E-state index contributed by atoms with van der Waals surface area (Å²) in [5.74, 6) is -0.0683. The van der Waals surface area contributed by atoms with E-state index < -0.39 is 10.0 Å². The van der Waals surface area contributed by atoms with Crippen LogP contribution in [0.4, 0.5) is 0 Å². The standard InChI is InChI=1S/C20H23BrN2O3S/c1-14(2)22-27(25,26)18-11-7-16(8-12-18)20(24)23-13-3-4-19(23)15-5-9-17(21)10-6-15/h5-12,14,19,22H,3-4,13H2,1-2H3. The molecule has 1 amide bonds. The van der Waals surface area contributed by atoms with E-state index in [4.69, 9.17) is 0 Å². The fourth-order valence-corrected chi connectivity index (χ4v) is 4.88. The number of hydrogen-bond donors (Lipinski definition) is 1. The number of carbonyl (C=O) groups excluding carboxylic acids is 1. The number of sulfonamides is 1. The van der Waals surface area contributed by atoms with Crippen molar-refractivity contribution in [2.45, 2.75) is 43.7 Å². The zero-order valence-corrected chi connectivity index (χ0v) is 17.8. The third-order valence-electron chi connectivity index (χ3n) is 4.57. The number of nitrogens with zero attached hydrogens (tertiary/aromatic N) is 1. The Balaban J connectivity index is 1.80. The van der Waals surface area contributed by atoms with E-state index in [1.807, 2.05) is 29.2 Å². The molecule has 1 fully saturated rings. The minimum Gasteiger partial charge on any atom is -0.332 e. The highest BCUT2D eigenvalue weighted by Crippen LogP contribution is 2.33. The highest BCUT2D eigenvalue weighted by molar-refractivity contribution is 9.10. The first kappa shape index (κ1) is 20.0. The van der Waals surface area contributed by atoms with Gasteiger partial charge < -0.3 is 4.90 Å². The van der Waals surface area contributed by atoms with Crippen molar-refractivity contribution < 1.29 is 13.2 Å². The minimum absolute atomic E-state index is 0.0524. The van der Waals surface area contributed by atoms with Crippen LogP contribution in [0.25, 0.3) is 0 Å². The third-order valence-corrected chi connectivity index (χ3v) is 6.77. The van der Waals surface area contributed by atoms with Gasteiger partial charge in [-0.2, -0.15) is 0 Å². The Labute approximate surface area is 169 Å². The van der Waals surface area contributed by atoms with Crippen molar-refractivity contribution in [1.29, 1.82) is 0 Å². The van der Waals surface area contributed by atoms with Gasteiger partial charge >= 0.3 is 0 Å². The van der Waals surface area contributed by atoms with Gasteiger partial charge in [0.15, 0.2) is 0 Å². The lowest BCUT2D eigenvalue weighted by molar-refractivity contribution is 0.0735. The van der Waals surface area contributed by atoms with Crippen LogP contribution < -0.4 is 4.72 Å². The van der Waals surface area contributed by atoms with Gasteiger partial charge in [-0.1, -0.05) is 28.1 Å². The summed E-state index contributed by atoms with van der Waals surface area (Å²) in [7, 11) is -3.56. The highest BCUT2D eigenvalue weighted by Gasteiger charge is 2.30. The zero-order chi connectivity index (χ0) is 19.6. The average Bonchev–Trinajstić information content (AvgIpc) is 3.10. The van der Waals surface area contributed by atoms with E-state index in [1.54, 1.807) is 26.0 Å². The maximum Gasteiger partial charge on any atom is 0.254 e. The molecule has 144 valence electrons. The van der Waals surface area contributed by atoms with Crippen LogP contribution in [0.2, 0.25) is 0 Å². The molecule has 1 unspecified atom stereocenters. The lowest BCUT2D eigenvalue weighted by Crippen LogP contribution is -2.31. The van der Waals surface area contributed by atoms with Gasteiger partial charge in [0.25, 0.3) is 5.91 Å². The second kappa shape index (κ2) is 8.12. The number of amides is 1. The van der Waals surface area contributed by atoms with E-state index in [0.29, 0.717) is 12.1 Å². The number of likely N-dealkylation sites (tertiary alicyclic amines) is 1. The molecule has 5 nitrogen and oxygen atoms in total. The molecule has 0 aromatic heterocycles. The summed E-state index contributed by atoms with van der Waals surface area (Å²) < 4.78 is 28.0. The smallest absolute Gasteiger partial charge is 0.254 e. The van der Waals surface area contributed by atoms with E-state index in [2.05, 4.69) is 20.7 Å². The Kier molecular flexibility index (Phi) is 6.03. The summed E-state index contributed by atoms with van der Waals surface area (Å²) in [4.78, 5) is 15.0. The van der Waals surface area contributed by atoms with Crippen LogP contribution in [-0.2, 0) is 10.0 Å². The van der Waals surface area contributed by atoms with Crippen molar-refractivity contribution in [3.63, 3.8) is 0 Å². The predicted molar refractivity (Wildman–Crippen MR) is 109 cm³/mol. The number of halogens is 1. The largest absolute Gasteiger partial charge is 0.332 e. The van der Waals surface area contributed by atoms with Crippen LogP contribution in [0.3, 0.4) is 0 Å². The van der Waals surface area contributed by atoms with E-state index in [9.17, 15) is 13.2 Å². The van der Waals surface area contributed by atoms with E-state index in [1.165, 1.54) is 12.1 Å². The van der Waals surface area contributed by atoms with Gasteiger partial charge in [0.1, 0.15) is 0 Å². The molecule has 27 heavy (non-hydrogen) atoms. The first-order valence-corrected chi connectivity index (χ1v) is 11.2. The second-order valence-corrected chi connectivity index (χ2v) is 9.64. The Hall–Kier alpha value is -1.70. The van der Waals surface area contributed by atoms with Crippen LogP contribution in [0, 0.1) is 0 Å². The molecular formula is C20H23BrN2O3S. The first-order chi connectivity index (χ1) is 12.8. The average molecular weight is 451 g/mol. The fourth-order valence-electron chi connectivity index (χ4n) is 3.36. The highest BCUT2D eigenvalue weighted by atomic mass is 79.9. The number of benzene rings is 2. The summed E-state index contributed by atoms with van der Waals surface area (Å²) in [6.07, 6.45) is 1.88. The predicted octanol–water partition coefficient (Wildman–Crippen LogP) is 4.11. The molecule has 7 heteroatoms. The van der Waals surface area contributed by atoms with E-state index in [-0.39, 0.29) is 22.9 Å². The molecule has 1 heterocycles. The lowest BCUT2D eigenvalue weighted by atomic mass is 10.0. The van der Waals surface area contributed by atoms with Gasteiger partial charge in [-0.15, -0.1) is 0 Å². The van der Waals surface area contributed by atoms with Gasteiger partial charge in [-0.05, 0) is 68.7 Å². The Morgan fingerprint density at radius 3 is 2.33 bits per heavy atom. The SMILES string of the molecule is CC(C)NS(=O)(=O)c1ccc(C(=O)N2CCCC2c2ccc(Br)cc2)cc1. The molecular weight excluding hydrogens is 428 g/mol. The monoisotopic (exact) mass is 450 g/mol. The van der Waals surface area contributed by atoms with Crippen molar-refractivity contribution in [3.05, 3.63) is 64.1 Å². The lowest BCUT2D eigenvalue weighted by Gasteiger charge is -2.25. The van der Waals surface area contributed by atoms with Crippen molar-refractivity contribution in [2.75, 3.05) is 6.54 Å². The topological polar surface area (TPSA) is 66.5 Å². The third kappa shape index (κ3) is 4.59. The number of hydrogen-bond acceptors (Lipinski definition) is 3. The van der Waals surface area contributed by atoms with Gasteiger partial charge in [-0.25, -0.2) is 13.1 Å². The first-order valence-electron chi connectivity index (χ1n) is 8.97. The molecule has 1 saturated heterocycles. The maximum atomic E-state index is 13.0. The van der Waals surface area contributed by atoms with Crippen molar-refractivity contribution in [1.82, 2.24) is 9.62 Å². The van der Waals surface area contributed by atoms with Crippen LogP contribution in [-0.4, -0.2) is 31.8 Å². The van der Waals surface area contributed by atoms with Crippen LogP contribution in [0.1, 0.15) is 48.7 Å². The number of rotatable bonds is 5. The zero-order valence-electron chi connectivity index (χ0n) is 15.4. The van der Waals surface area contributed by atoms with Crippen molar-refractivity contribution >= 4 is 31.9 Å². The van der Waals surface area contributed by atoms with Crippen LogP contribution in [0.5, 0.6) is 0 Å². The second-order valence-electron chi connectivity index (χ2n) is 7.01. The Morgan fingerprint density at radius 2 is 1.74 bits per heavy atom. The molecule has 1 aliphatic heterocycles. The van der Waals surface area contributed by atoms with Crippen LogP contribution >= 0.6 is 15.9 Å². The molecule has 0 radical (unpaired) electrons. The summed E-state index contributed by atoms with van der Waals surface area (Å²) in [5.41, 5.74) is 1.62. The van der Waals surface area contributed by atoms with E-state index >= 15 is 0 Å². The molecule has 2 aromatic rings. The molecule has 0 aliphatic carbocycles. The van der Waals surface area contributed by atoms with Gasteiger partial charge in [0, 0.05) is 22.6 Å². The summed E-state index contributed by atoms with van der Waals surface area (Å²) in [6.45, 7) is 4.24. The summed E-state index contributed by atoms with van der Waals surface area (Å²) >= 11 is 3.44. The normalized spacial score (nSPS) is 17.5. The van der Waals surface area contributed by atoms with Crippen LogP contribution in [0.15, 0.2) is 57.9 Å². The number of carbonyl (C=O) groups is 1. The summed E-state index contributed by atoms with van der Waals surface area (Å²) in [5, 5.41) is 0. The molecule has 0 saturated carbocycles. The van der Waals surface area contributed by atoms with Crippen molar-refractivity contribution in [2.24, 2.45) is 0 Å². The Bertz CT molecular complexity index is 909. The van der Waals surface area contributed by atoms with E-state index in [0.717, 1.165) is 22.9 Å². The maximum absolute atomic E-state index is 13.0. The van der Waals surface area contributed by atoms with Gasteiger partial charge in [0.2, 0.25) is 10.0 Å². The minimum atomic E-state index is -3.56. The summed E-state index contributed by atoms with van der Waals surface area (Å²) in [6, 6.07) is 14.1. The Morgan fingerprint density at radius 1 is 1.11 bits per heavy atom. The molecule has 0 spiro atoms. The molecule has 1 aliphatic rings. The number of nitrogens with one attached hydrogen (secondary N) is 1.